The van der Waals surface area contributed by atoms with Crippen molar-refractivity contribution in [2.45, 2.75) is 11.2 Å². The summed E-state index contributed by atoms with van der Waals surface area (Å²) in [5.74, 6) is -0.519. The molecule has 1 unspecified atom stereocenters. The fourth-order valence-corrected chi connectivity index (χ4v) is 2.44. The van der Waals surface area contributed by atoms with Crippen molar-refractivity contribution < 1.29 is 15.0 Å². The van der Waals surface area contributed by atoms with Gasteiger partial charge in [-0.2, -0.15) is 4.98 Å². The summed E-state index contributed by atoms with van der Waals surface area (Å²) in [5.41, 5.74) is 0.868. The van der Waals surface area contributed by atoms with E-state index in [1.165, 1.54) is 11.8 Å². The van der Waals surface area contributed by atoms with Crippen LogP contribution in [0.1, 0.15) is 11.6 Å². The van der Waals surface area contributed by atoms with Gasteiger partial charge in [-0.05, 0) is 30.0 Å². The number of rotatable bonds is 3. The average molecular weight is 304 g/mol. The molecule has 1 aromatic carbocycles. The van der Waals surface area contributed by atoms with Gasteiger partial charge in [-0.15, -0.1) is 5.10 Å². The molecular weight excluding hydrogens is 292 g/mol. The van der Waals surface area contributed by atoms with Crippen molar-refractivity contribution in [3.05, 3.63) is 41.6 Å². The zero-order chi connectivity index (χ0) is 15.0. The highest BCUT2D eigenvalue weighted by molar-refractivity contribution is 7.98. The summed E-state index contributed by atoms with van der Waals surface area (Å²) < 4.78 is 1.63. The first-order valence-corrected chi connectivity index (χ1v) is 7.32. The van der Waals surface area contributed by atoms with Crippen molar-refractivity contribution in [1.29, 1.82) is 0 Å². The fourth-order valence-electron chi connectivity index (χ4n) is 2.09. The molecule has 0 bridgehead atoms. The number of aromatic nitrogens is 3. The normalized spacial score (nSPS) is 16.8. The molecule has 7 nitrogen and oxygen atoms in total. The molecule has 0 amide bonds. The molecule has 0 radical (unpaired) electrons. The summed E-state index contributed by atoms with van der Waals surface area (Å²) in [7, 11) is 0. The highest BCUT2D eigenvalue weighted by atomic mass is 32.2. The summed E-state index contributed by atoms with van der Waals surface area (Å²) in [6, 6.07) is 6.17. The Balaban J connectivity index is 2.10. The smallest absolute Gasteiger partial charge is 0.352 e. The quantitative estimate of drug-likeness (QED) is 0.742. The van der Waals surface area contributed by atoms with Crippen LogP contribution in [0, 0.1) is 0 Å². The monoisotopic (exact) mass is 304 g/mol. The van der Waals surface area contributed by atoms with Crippen LogP contribution in [-0.4, -0.2) is 37.2 Å². The average Bonchev–Trinajstić information content (AvgIpc) is 2.90. The van der Waals surface area contributed by atoms with Crippen LogP contribution in [0.25, 0.3) is 0 Å². The van der Waals surface area contributed by atoms with Crippen LogP contribution in [-0.2, 0) is 4.79 Å². The number of benzene rings is 1. The number of hydrogen-bond donors (Lipinski definition) is 3. The molecule has 2 aromatic rings. The van der Waals surface area contributed by atoms with Crippen molar-refractivity contribution in [2.75, 3.05) is 11.6 Å². The van der Waals surface area contributed by atoms with E-state index in [0.29, 0.717) is 11.1 Å². The van der Waals surface area contributed by atoms with Crippen LogP contribution in [0.2, 0.25) is 0 Å². The standard InChI is InChI=1S/C13H12N4O3S/c1-21-13-15-12-14-9(11(19)20)6-10(17(12)16-13)7-2-4-8(18)5-3-7/h2-6,10,18H,1H3,(H,19,20)(H,14,15,16). The van der Waals surface area contributed by atoms with E-state index in [2.05, 4.69) is 15.4 Å². The van der Waals surface area contributed by atoms with Gasteiger partial charge in [0, 0.05) is 0 Å². The second-order valence-electron chi connectivity index (χ2n) is 4.41. The number of carboxylic acids is 1. The number of carboxylic acid groups (broad SMARTS) is 1. The maximum absolute atomic E-state index is 11.2. The number of thioether (sulfide) groups is 1. The lowest BCUT2D eigenvalue weighted by Gasteiger charge is -2.22. The second-order valence-corrected chi connectivity index (χ2v) is 5.19. The lowest BCUT2D eigenvalue weighted by Crippen LogP contribution is -2.24. The minimum Gasteiger partial charge on any atom is -0.508 e. The Bertz CT molecular complexity index is 724. The lowest BCUT2D eigenvalue weighted by molar-refractivity contribution is -0.132. The van der Waals surface area contributed by atoms with Crippen LogP contribution in [0.15, 0.2) is 41.2 Å². The number of allylic oxidation sites excluding steroid dienone is 1. The first-order valence-electron chi connectivity index (χ1n) is 6.10. The minimum atomic E-state index is -1.06. The van der Waals surface area contributed by atoms with Gasteiger partial charge in [0.1, 0.15) is 17.5 Å². The van der Waals surface area contributed by atoms with Crippen molar-refractivity contribution in [3.8, 4) is 5.75 Å². The number of aliphatic carboxylic acids is 1. The molecule has 0 fully saturated rings. The molecule has 0 spiro atoms. The molecule has 1 aromatic heterocycles. The third-order valence-corrected chi connectivity index (χ3v) is 3.63. The number of phenols is 1. The maximum Gasteiger partial charge on any atom is 0.352 e. The topological polar surface area (TPSA) is 100 Å². The fraction of sp³-hybridized carbons (Fsp3) is 0.154. The molecule has 1 aliphatic rings. The number of nitrogens with one attached hydrogen (secondary N) is 1. The highest BCUT2D eigenvalue weighted by Gasteiger charge is 2.26. The Kier molecular flexibility index (Phi) is 3.30. The summed E-state index contributed by atoms with van der Waals surface area (Å²) in [5, 5.41) is 26.2. The van der Waals surface area contributed by atoms with E-state index >= 15 is 0 Å². The number of fused-ring (bicyclic) bond motifs is 1. The number of nitrogens with zero attached hydrogens (tertiary/aromatic N) is 3. The van der Waals surface area contributed by atoms with E-state index in [1.54, 1.807) is 35.0 Å². The molecule has 0 saturated carbocycles. The molecule has 3 rings (SSSR count). The number of aromatic hydroxyl groups is 1. The third-order valence-electron chi connectivity index (χ3n) is 3.09. The van der Waals surface area contributed by atoms with Gasteiger partial charge in [0.15, 0.2) is 0 Å². The predicted molar refractivity (Wildman–Crippen MR) is 77.4 cm³/mol. The molecular formula is C13H12N4O3S. The Morgan fingerprint density at radius 3 is 2.71 bits per heavy atom. The summed E-state index contributed by atoms with van der Waals surface area (Å²) in [6.07, 6.45) is 3.42. The Morgan fingerprint density at radius 2 is 2.10 bits per heavy atom. The third kappa shape index (κ3) is 2.45. The Hall–Kier alpha value is -2.48. The zero-order valence-electron chi connectivity index (χ0n) is 11.0. The molecule has 0 saturated heterocycles. The molecule has 2 heterocycles. The minimum absolute atomic E-state index is 0.0561. The SMILES string of the molecule is CSc1nc2n(n1)C(c1ccc(O)cc1)C=C(C(=O)O)N2. The summed E-state index contributed by atoms with van der Waals surface area (Å²) in [4.78, 5) is 15.5. The van der Waals surface area contributed by atoms with Crippen molar-refractivity contribution >= 4 is 23.7 Å². The number of phenolic OH excluding ortho intramolecular Hbond substituents is 1. The van der Waals surface area contributed by atoms with Gasteiger partial charge < -0.3 is 15.5 Å². The lowest BCUT2D eigenvalue weighted by atomic mass is 10.0. The largest absolute Gasteiger partial charge is 0.508 e. The second kappa shape index (κ2) is 5.13. The predicted octanol–water partition coefficient (Wildman–Crippen LogP) is 1.69. The van der Waals surface area contributed by atoms with E-state index in [0.717, 1.165) is 5.56 Å². The van der Waals surface area contributed by atoms with Crippen LogP contribution in [0.3, 0.4) is 0 Å². The first kappa shape index (κ1) is 13.5. The van der Waals surface area contributed by atoms with Crippen molar-refractivity contribution in [2.24, 2.45) is 0 Å². The molecule has 0 aliphatic carbocycles. The highest BCUT2D eigenvalue weighted by Crippen LogP contribution is 2.30. The first-order chi connectivity index (χ1) is 10.1. The van der Waals surface area contributed by atoms with Crippen LogP contribution >= 0.6 is 11.8 Å². The molecule has 1 aliphatic heterocycles. The van der Waals surface area contributed by atoms with E-state index in [1.807, 2.05) is 6.26 Å². The molecule has 8 heteroatoms. The number of anilines is 1. The molecule has 3 N–H and O–H groups in total. The van der Waals surface area contributed by atoms with Gasteiger partial charge in [0.25, 0.3) is 0 Å². The summed E-state index contributed by atoms with van der Waals surface area (Å²) >= 11 is 1.38. The molecule has 108 valence electrons. The zero-order valence-corrected chi connectivity index (χ0v) is 11.8. The van der Waals surface area contributed by atoms with Crippen LogP contribution in [0.5, 0.6) is 5.75 Å². The molecule has 21 heavy (non-hydrogen) atoms. The van der Waals surface area contributed by atoms with Crippen LogP contribution < -0.4 is 5.32 Å². The van der Waals surface area contributed by atoms with Gasteiger partial charge in [-0.1, -0.05) is 23.9 Å². The van der Waals surface area contributed by atoms with E-state index in [-0.39, 0.29) is 17.5 Å². The Labute approximate surface area is 124 Å². The summed E-state index contributed by atoms with van der Waals surface area (Å²) in [6.45, 7) is 0. The van der Waals surface area contributed by atoms with Crippen molar-refractivity contribution in [3.63, 3.8) is 0 Å². The van der Waals surface area contributed by atoms with Gasteiger partial charge >= 0.3 is 5.97 Å². The van der Waals surface area contributed by atoms with Crippen LogP contribution in [0.4, 0.5) is 5.95 Å². The van der Waals surface area contributed by atoms with E-state index in [9.17, 15) is 15.0 Å². The van der Waals surface area contributed by atoms with Gasteiger partial charge in [0.2, 0.25) is 11.1 Å². The number of carbonyl (C=O) groups is 1. The van der Waals surface area contributed by atoms with E-state index in [4.69, 9.17) is 0 Å². The number of hydrogen-bond acceptors (Lipinski definition) is 6. The molecule has 1 atom stereocenters. The van der Waals surface area contributed by atoms with Gasteiger partial charge in [-0.25, -0.2) is 9.48 Å². The van der Waals surface area contributed by atoms with Crippen molar-refractivity contribution in [1.82, 2.24) is 14.8 Å². The maximum atomic E-state index is 11.2. The van der Waals surface area contributed by atoms with Gasteiger partial charge in [-0.3, -0.25) is 0 Å². The Morgan fingerprint density at radius 1 is 1.38 bits per heavy atom. The van der Waals surface area contributed by atoms with E-state index < -0.39 is 5.97 Å². The van der Waals surface area contributed by atoms with Gasteiger partial charge in [0.05, 0.1) is 0 Å².